The summed E-state index contributed by atoms with van der Waals surface area (Å²) in [5, 5.41) is 3.09. The molecule has 68 valence electrons. The summed E-state index contributed by atoms with van der Waals surface area (Å²) in [5.74, 6) is 0.747. The number of benzene rings is 1. The minimum absolute atomic E-state index is 0.747. The lowest BCUT2D eigenvalue weighted by molar-refractivity contribution is 0.685. The Morgan fingerprint density at radius 1 is 1.46 bits per heavy atom. The highest BCUT2D eigenvalue weighted by atomic mass is 32.2. The highest BCUT2D eigenvalue weighted by Gasteiger charge is 2.20. The van der Waals surface area contributed by atoms with Gasteiger partial charge in [-0.05, 0) is 19.1 Å². The smallest absolute Gasteiger partial charge is 0.175 e. The lowest BCUT2D eigenvalue weighted by atomic mass is 10.2. The summed E-state index contributed by atoms with van der Waals surface area (Å²) < 4.78 is 15.5. The van der Waals surface area contributed by atoms with Gasteiger partial charge in [0.15, 0.2) is 11.0 Å². The van der Waals surface area contributed by atoms with Crippen LogP contribution in [0.15, 0.2) is 33.6 Å². The Bertz CT molecular complexity index is 387. The quantitative estimate of drug-likeness (QED) is 0.726. The summed E-state index contributed by atoms with van der Waals surface area (Å²) in [5.41, 5.74) is 0.961. The number of nitrogens with zero attached hydrogens (tertiary/aromatic N) is 1. The van der Waals surface area contributed by atoms with E-state index in [9.17, 15) is 4.21 Å². The predicted molar refractivity (Wildman–Crippen MR) is 53.1 cm³/mol. The molecule has 0 amide bonds. The van der Waals surface area contributed by atoms with Crippen molar-refractivity contribution in [3.8, 4) is 0 Å². The van der Waals surface area contributed by atoms with Gasteiger partial charge >= 0.3 is 0 Å². The van der Waals surface area contributed by atoms with Crippen molar-refractivity contribution in [3.05, 3.63) is 29.8 Å². The highest BCUT2D eigenvalue weighted by molar-refractivity contribution is 7.84. The molecule has 4 heteroatoms. The molecule has 1 aromatic carbocycles. The maximum atomic E-state index is 11.4. The molecule has 1 unspecified atom stereocenters. The zero-order valence-electron chi connectivity index (χ0n) is 7.28. The van der Waals surface area contributed by atoms with Gasteiger partial charge in [0.25, 0.3) is 0 Å². The normalized spacial score (nSPS) is 19.5. The third-order valence-electron chi connectivity index (χ3n) is 1.85. The van der Waals surface area contributed by atoms with E-state index < -0.39 is 11.0 Å². The first-order chi connectivity index (χ1) is 6.33. The monoisotopic (exact) mass is 194 g/mol. The van der Waals surface area contributed by atoms with Crippen LogP contribution >= 0.6 is 0 Å². The Morgan fingerprint density at radius 2 is 2.23 bits per heavy atom. The minimum Gasteiger partial charge on any atom is -0.369 e. The maximum absolute atomic E-state index is 11.4. The van der Waals surface area contributed by atoms with Crippen molar-refractivity contribution in [2.75, 3.05) is 6.54 Å². The lowest BCUT2D eigenvalue weighted by Gasteiger charge is -2.01. The molecule has 0 bridgehead atoms. The van der Waals surface area contributed by atoms with Crippen molar-refractivity contribution in [1.82, 2.24) is 5.32 Å². The second-order valence-corrected chi connectivity index (χ2v) is 3.84. The summed E-state index contributed by atoms with van der Waals surface area (Å²) in [7, 11) is -1.20. The van der Waals surface area contributed by atoms with Gasteiger partial charge in [-0.25, -0.2) is 4.21 Å². The van der Waals surface area contributed by atoms with Crippen LogP contribution in [0.1, 0.15) is 12.5 Å². The molecule has 1 heterocycles. The van der Waals surface area contributed by atoms with Gasteiger partial charge in [-0.3, -0.25) is 0 Å². The number of hydrogen-bond acceptors (Lipinski definition) is 2. The van der Waals surface area contributed by atoms with E-state index >= 15 is 0 Å². The van der Waals surface area contributed by atoms with Crippen molar-refractivity contribution < 1.29 is 4.21 Å². The zero-order valence-corrected chi connectivity index (χ0v) is 8.10. The van der Waals surface area contributed by atoms with Gasteiger partial charge in [-0.15, -0.1) is 0 Å². The second-order valence-electron chi connectivity index (χ2n) is 2.72. The van der Waals surface area contributed by atoms with Crippen LogP contribution in [-0.4, -0.2) is 16.6 Å². The van der Waals surface area contributed by atoms with E-state index in [4.69, 9.17) is 0 Å². The molecule has 0 saturated carbocycles. The number of nitrogens with one attached hydrogen (secondary N) is 1. The molecule has 0 radical (unpaired) electrons. The molecule has 1 atom stereocenters. The van der Waals surface area contributed by atoms with E-state index in [0.29, 0.717) is 0 Å². The molecule has 1 aliphatic heterocycles. The van der Waals surface area contributed by atoms with Gasteiger partial charge in [-0.2, -0.15) is 4.40 Å². The SMILES string of the molecule is CCNC1=NS(=O)c2ccccc21. The molecule has 0 fully saturated rings. The fourth-order valence-corrected chi connectivity index (χ4v) is 2.27. The van der Waals surface area contributed by atoms with Crippen molar-refractivity contribution >= 4 is 16.8 Å². The van der Waals surface area contributed by atoms with E-state index in [2.05, 4.69) is 9.71 Å². The van der Waals surface area contributed by atoms with Gasteiger partial charge < -0.3 is 5.32 Å². The van der Waals surface area contributed by atoms with Crippen molar-refractivity contribution in [2.45, 2.75) is 11.8 Å². The average molecular weight is 194 g/mol. The largest absolute Gasteiger partial charge is 0.369 e. The molecule has 2 rings (SSSR count). The molecule has 0 spiro atoms. The standard InChI is InChI=1S/C9H10N2OS/c1-2-10-9-7-5-3-4-6-8(7)13(12)11-9/h3-6H,2H2,1H3,(H,10,11). The van der Waals surface area contributed by atoms with Gasteiger partial charge in [-0.1, -0.05) is 12.1 Å². The molecular weight excluding hydrogens is 184 g/mol. The van der Waals surface area contributed by atoms with Crippen LogP contribution in [0, 0.1) is 0 Å². The van der Waals surface area contributed by atoms with Crippen LogP contribution in [0.4, 0.5) is 0 Å². The Kier molecular flexibility index (Phi) is 2.14. The molecule has 0 saturated heterocycles. The van der Waals surface area contributed by atoms with Crippen LogP contribution < -0.4 is 5.32 Å². The highest BCUT2D eigenvalue weighted by Crippen LogP contribution is 2.21. The van der Waals surface area contributed by atoms with Crippen LogP contribution in [0.25, 0.3) is 0 Å². The Morgan fingerprint density at radius 3 is 3.00 bits per heavy atom. The molecule has 0 aliphatic carbocycles. The van der Waals surface area contributed by atoms with E-state index in [1.165, 1.54) is 0 Å². The predicted octanol–water partition coefficient (Wildman–Crippen LogP) is 1.08. The van der Waals surface area contributed by atoms with E-state index in [0.717, 1.165) is 22.8 Å². The molecule has 13 heavy (non-hydrogen) atoms. The van der Waals surface area contributed by atoms with Crippen molar-refractivity contribution in [3.63, 3.8) is 0 Å². The molecule has 3 nitrogen and oxygen atoms in total. The Hall–Kier alpha value is -1.16. The van der Waals surface area contributed by atoms with E-state index in [1.54, 1.807) is 0 Å². The molecule has 1 aromatic rings. The fourth-order valence-electron chi connectivity index (χ4n) is 1.29. The summed E-state index contributed by atoms with van der Waals surface area (Å²) in [6.45, 7) is 2.79. The van der Waals surface area contributed by atoms with Gasteiger partial charge in [0.2, 0.25) is 0 Å². The lowest BCUT2D eigenvalue weighted by Crippen LogP contribution is -2.22. The van der Waals surface area contributed by atoms with Crippen molar-refractivity contribution in [2.24, 2.45) is 4.40 Å². The first-order valence-electron chi connectivity index (χ1n) is 4.16. The zero-order chi connectivity index (χ0) is 9.26. The van der Waals surface area contributed by atoms with Crippen LogP contribution in [0.3, 0.4) is 0 Å². The van der Waals surface area contributed by atoms with Crippen LogP contribution in [0.2, 0.25) is 0 Å². The Labute approximate surface area is 79.5 Å². The van der Waals surface area contributed by atoms with E-state index in [-0.39, 0.29) is 0 Å². The summed E-state index contributed by atoms with van der Waals surface area (Å²) in [4.78, 5) is 0.804. The molecule has 1 aliphatic rings. The van der Waals surface area contributed by atoms with Gasteiger partial charge in [0.1, 0.15) is 5.84 Å². The summed E-state index contributed by atoms with van der Waals surface area (Å²) >= 11 is 0. The third kappa shape index (κ3) is 1.37. The van der Waals surface area contributed by atoms with Gasteiger partial charge in [0, 0.05) is 12.1 Å². The number of rotatable bonds is 1. The van der Waals surface area contributed by atoms with Crippen LogP contribution in [-0.2, 0) is 11.0 Å². The maximum Gasteiger partial charge on any atom is 0.175 e. The number of hydrogen-bond donors (Lipinski definition) is 1. The molecule has 0 aromatic heterocycles. The second kappa shape index (κ2) is 3.30. The number of amidine groups is 1. The Balaban J connectivity index is 2.45. The first kappa shape index (κ1) is 8.44. The topological polar surface area (TPSA) is 41.5 Å². The number of fused-ring (bicyclic) bond motifs is 1. The van der Waals surface area contributed by atoms with Crippen LogP contribution in [0.5, 0.6) is 0 Å². The average Bonchev–Trinajstić information content (AvgIpc) is 2.46. The van der Waals surface area contributed by atoms with Gasteiger partial charge in [0.05, 0.1) is 4.90 Å². The minimum atomic E-state index is -1.20. The third-order valence-corrected chi connectivity index (χ3v) is 2.93. The summed E-state index contributed by atoms with van der Waals surface area (Å²) in [6.07, 6.45) is 0. The summed E-state index contributed by atoms with van der Waals surface area (Å²) in [6, 6.07) is 7.58. The van der Waals surface area contributed by atoms with Crippen molar-refractivity contribution in [1.29, 1.82) is 0 Å². The molecular formula is C9H10N2OS. The molecule has 1 N–H and O–H groups in total. The first-order valence-corrected chi connectivity index (χ1v) is 5.27. The fraction of sp³-hybridized carbons (Fsp3) is 0.222. The van der Waals surface area contributed by atoms with E-state index in [1.807, 2.05) is 31.2 Å².